The minimum Gasteiger partial charge on any atom is -0.310 e. The van der Waals surface area contributed by atoms with Gasteiger partial charge in [-0.05, 0) is 122 Å². The number of allylic oxidation sites excluding steroid dienone is 3. The summed E-state index contributed by atoms with van der Waals surface area (Å²) in [7, 11) is 0. The molecular formula is C48H39NS. The Labute approximate surface area is 300 Å². The monoisotopic (exact) mass is 661 g/mol. The average molecular weight is 662 g/mol. The van der Waals surface area contributed by atoms with Crippen LogP contribution in [0.5, 0.6) is 0 Å². The van der Waals surface area contributed by atoms with E-state index in [0.29, 0.717) is 17.1 Å². The normalized spacial score (nSPS) is 17.3. The number of fused-ring (bicyclic) bond motifs is 7. The molecule has 1 heterocycles. The van der Waals surface area contributed by atoms with Crippen molar-refractivity contribution in [2.45, 2.75) is 55.1 Å². The third-order valence-corrected chi connectivity index (χ3v) is 12.8. The van der Waals surface area contributed by atoms with Crippen molar-refractivity contribution in [2.75, 3.05) is 4.90 Å². The first-order valence-corrected chi connectivity index (χ1v) is 19.2. The summed E-state index contributed by atoms with van der Waals surface area (Å²) in [6.07, 6.45) is 12.8. The maximum atomic E-state index is 2.54. The van der Waals surface area contributed by atoms with Gasteiger partial charge >= 0.3 is 0 Å². The molecule has 3 atom stereocenters. The van der Waals surface area contributed by atoms with E-state index in [4.69, 9.17) is 0 Å². The van der Waals surface area contributed by atoms with E-state index in [2.05, 4.69) is 164 Å². The van der Waals surface area contributed by atoms with Crippen LogP contribution in [0.25, 0.3) is 55.6 Å². The summed E-state index contributed by atoms with van der Waals surface area (Å²) >= 11 is 2.00. The zero-order valence-corrected chi connectivity index (χ0v) is 29.4. The van der Waals surface area contributed by atoms with Crippen LogP contribution < -0.4 is 4.90 Å². The quantitative estimate of drug-likeness (QED) is 0.167. The summed E-state index contributed by atoms with van der Waals surface area (Å²) in [6.45, 7) is 4.62. The van der Waals surface area contributed by atoms with Gasteiger partial charge in [0.1, 0.15) is 0 Å². The molecule has 0 N–H and O–H groups in total. The van der Waals surface area contributed by atoms with Crippen LogP contribution in [0.1, 0.15) is 56.1 Å². The van der Waals surface area contributed by atoms with Crippen LogP contribution in [0, 0.1) is 0 Å². The summed E-state index contributed by atoms with van der Waals surface area (Å²) in [5.74, 6) is 0.950. The summed E-state index contributed by atoms with van der Waals surface area (Å²) in [4.78, 5) is 3.93. The fourth-order valence-corrected chi connectivity index (χ4v) is 10.5. The number of nitrogens with zero attached hydrogens (tertiary/aromatic N) is 1. The number of anilines is 3. The van der Waals surface area contributed by atoms with Crippen molar-refractivity contribution in [3.05, 3.63) is 157 Å². The van der Waals surface area contributed by atoms with Crippen LogP contribution in [-0.2, 0) is 0 Å². The van der Waals surface area contributed by atoms with Gasteiger partial charge in [0.2, 0.25) is 0 Å². The Morgan fingerprint density at radius 1 is 0.580 bits per heavy atom. The Morgan fingerprint density at radius 3 is 1.94 bits per heavy atom. The van der Waals surface area contributed by atoms with E-state index in [1.807, 2.05) is 11.8 Å². The highest BCUT2D eigenvalue weighted by atomic mass is 32.2. The standard InChI is InChI=1S/C48H39NS/c1-3-12-30(4-2)31-23-25-32(26-24-31)49(43-20-11-22-45-48(43)41-15-7-8-21-44(41)50-45)33-27-28-35-38-17-10-18-39-40-19-9-16-37(47(40)42(35)29-33)34-13-5-6-14-36(34)46(38)39/h5-11,13-30,41,44H,3-4,12H2,1-2H3/t30?,41-,44?/m1/s1. The largest absolute Gasteiger partial charge is 0.310 e. The highest BCUT2D eigenvalue weighted by molar-refractivity contribution is 8.00. The molecule has 4 aliphatic rings. The second-order valence-electron chi connectivity index (χ2n) is 14.1. The van der Waals surface area contributed by atoms with E-state index >= 15 is 0 Å². The Balaban J connectivity index is 1.21. The second kappa shape index (κ2) is 11.8. The Morgan fingerprint density at radius 2 is 1.20 bits per heavy atom. The van der Waals surface area contributed by atoms with Crippen LogP contribution in [-0.4, -0.2) is 5.25 Å². The van der Waals surface area contributed by atoms with Crippen molar-refractivity contribution >= 4 is 28.8 Å². The fourth-order valence-electron chi connectivity index (χ4n) is 9.18. The highest BCUT2D eigenvalue weighted by Gasteiger charge is 2.36. The zero-order valence-electron chi connectivity index (χ0n) is 28.6. The maximum Gasteiger partial charge on any atom is 0.0511 e. The molecule has 6 aromatic carbocycles. The van der Waals surface area contributed by atoms with E-state index in [0.717, 1.165) is 0 Å². The van der Waals surface area contributed by atoms with Gasteiger partial charge in [0.05, 0.1) is 5.69 Å². The molecule has 0 spiro atoms. The van der Waals surface area contributed by atoms with E-state index in [9.17, 15) is 0 Å². The first-order valence-electron chi connectivity index (χ1n) is 18.3. The number of thioether (sulfide) groups is 1. The highest BCUT2D eigenvalue weighted by Crippen LogP contribution is 2.59. The zero-order chi connectivity index (χ0) is 33.3. The molecule has 10 rings (SSSR count). The molecule has 0 fully saturated rings. The van der Waals surface area contributed by atoms with Gasteiger partial charge in [0, 0.05) is 27.4 Å². The molecule has 2 unspecified atom stereocenters. The van der Waals surface area contributed by atoms with Crippen molar-refractivity contribution in [1.29, 1.82) is 0 Å². The summed E-state index contributed by atoms with van der Waals surface area (Å²) in [5.41, 5.74) is 19.8. The lowest BCUT2D eigenvalue weighted by Crippen LogP contribution is -2.15. The van der Waals surface area contributed by atoms with Crippen LogP contribution in [0.2, 0.25) is 0 Å². The van der Waals surface area contributed by atoms with E-state index in [-0.39, 0.29) is 0 Å². The van der Waals surface area contributed by atoms with E-state index in [1.54, 1.807) is 0 Å². The minimum absolute atomic E-state index is 0.353. The van der Waals surface area contributed by atoms with E-state index in [1.165, 1.54) is 108 Å². The molecule has 6 aromatic rings. The first-order chi connectivity index (χ1) is 24.7. The average Bonchev–Trinajstić information content (AvgIpc) is 3.51. The number of rotatable bonds is 7. The van der Waals surface area contributed by atoms with Gasteiger partial charge in [0.15, 0.2) is 0 Å². The summed E-state index contributed by atoms with van der Waals surface area (Å²) in [5, 5.41) is 0.434. The van der Waals surface area contributed by atoms with Gasteiger partial charge in [-0.15, -0.1) is 11.8 Å². The van der Waals surface area contributed by atoms with Gasteiger partial charge < -0.3 is 4.90 Å². The predicted molar refractivity (Wildman–Crippen MR) is 214 cm³/mol. The van der Waals surface area contributed by atoms with Gasteiger partial charge in [0.25, 0.3) is 0 Å². The van der Waals surface area contributed by atoms with Crippen LogP contribution in [0.15, 0.2) is 151 Å². The molecule has 1 aliphatic heterocycles. The second-order valence-corrected chi connectivity index (χ2v) is 15.3. The fraction of sp³-hybridized carbons (Fsp3) is 0.167. The molecule has 2 heteroatoms. The summed E-state index contributed by atoms with van der Waals surface area (Å²) < 4.78 is 0. The summed E-state index contributed by atoms with van der Waals surface area (Å²) in [6, 6.07) is 46.5. The minimum atomic E-state index is 0.353. The SMILES string of the molecule is CCCC(CC)c1ccc(N(c2ccc3c(c2)-c2c4cccc2-c2cccc-3c2-c2ccccc2-4)c2cccc3c2[C@@H]2C=CC=CC2S3)cc1. The lowest BCUT2D eigenvalue weighted by atomic mass is 9.83. The van der Waals surface area contributed by atoms with Gasteiger partial charge in [-0.25, -0.2) is 0 Å². The predicted octanol–water partition coefficient (Wildman–Crippen LogP) is 14.1. The molecule has 0 saturated heterocycles. The van der Waals surface area contributed by atoms with Gasteiger partial charge in [-0.1, -0.05) is 130 Å². The van der Waals surface area contributed by atoms with E-state index < -0.39 is 0 Å². The molecule has 3 aliphatic carbocycles. The molecule has 242 valence electrons. The van der Waals surface area contributed by atoms with Crippen molar-refractivity contribution < 1.29 is 0 Å². The third-order valence-electron chi connectivity index (χ3n) is 11.4. The van der Waals surface area contributed by atoms with Crippen molar-refractivity contribution in [2.24, 2.45) is 0 Å². The van der Waals surface area contributed by atoms with Crippen LogP contribution in [0.4, 0.5) is 17.1 Å². The van der Waals surface area contributed by atoms with Crippen LogP contribution >= 0.6 is 11.8 Å². The van der Waals surface area contributed by atoms with Gasteiger partial charge in [-0.2, -0.15) is 0 Å². The molecule has 50 heavy (non-hydrogen) atoms. The van der Waals surface area contributed by atoms with Gasteiger partial charge in [-0.3, -0.25) is 0 Å². The molecule has 0 saturated carbocycles. The van der Waals surface area contributed by atoms with Crippen LogP contribution in [0.3, 0.4) is 0 Å². The molecule has 0 radical (unpaired) electrons. The lowest BCUT2D eigenvalue weighted by molar-refractivity contribution is 0.596. The van der Waals surface area contributed by atoms with Crippen molar-refractivity contribution in [3.63, 3.8) is 0 Å². The third kappa shape index (κ3) is 4.41. The maximum absolute atomic E-state index is 2.54. The molecule has 1 nitrogen and oxygen atoms in total. The number of benzene rings is 6. The van der Waals surface area contributed by atoms with Crippen molar-refractivity contribution in [1.82, 2.24) is 0 Å². The van der Waals surface area contributed by atoms with Crippen molar-refractivity contribution in [3.8, 4) is 55.6 Å². The number of hydrogen-bond acceptors (Lipinski definition) is 2. The Hall–Kier alpha value is -5.05. The Bertz CT molecular complexity index is 2360. The lowest BCUT2D eigenvalue weighted by Gasteiger charge is -2.31. The molecule has 0 amide bonds. The molecule has 6 bridgehead atoms. The topological polar surface area (TPSA) is 3.24 Å². The molecule has 0 aromatic heterocycles. The molecular weight excluding hydrogens is 623 g/mol. The first kappa shape index (κ1) is 29.8. The Kier molecular flexibility index (Phi) is 7.03. The number of hydrogen-bond donors (Lipinski definition) is 0. The smallest absolute Gasteiger partial charge is 0.0511 e.